The number of benzene rings is 1. The Hall–Kier alpha value is -2.60. The van der Waals surface area contributed by atoms with Gasteiger partial charge in [-0.3, -0.25) is 15.4 Å². The van der Waals surface area contributed by atoms with E-state index in [1.165, 1.54) is 6.07 Å². The third-order valence-corrected chi connectivity index (χ3v) is 2.53. The molecule has 0 unspecified atom stereocenters. The van der Waals surface area contributed by atoms with Crippen LogP contribution >= 0.6 is 11.8 Å². The van der Waals surface area contributed by atoms with Crippen molar-refractivity contribution in [3.8, 4) is 6.19 Å². The number of nitrogens with zero attached hydrogens (tertiary/aromatic N) is 3. The number of carbonyl (C=O) groups is 1. The van der Waals surface area contributed by atoms with E-state index in [4.69, 9.17) is 10.4 Å². The summed E-state index contributed by atoms with van der Waals surface area (Å²) in [7, 11) is 0. The molecular formula is C10H8N4O4S. The van der Waals surface area contributed by atoms with E-state index >= 15 is 0 Å². The van der Waals surface area contributed by atoms with Crippen molar-refractivity contribution in [3.63, 3.8) is 0 Å². The van der Waals surface area contributed by atoms with Gasteiger partial charge in [-0.25, -0.2) is 9.79 Å². The molecule has 0 saturated heterocycles. The third-order valence-electron chi connectivity index (χ3n) is 1.95. The fourth-order valence-corrected chi connectivity index (χ4v) is 1.52. The zero-order chi connectivity index (χ0) is 14.4. The van der Waals surface area contributed by atoms with Crippen molar-refractivity contribution in [3.05, 3.63) is 33.9 Å². The summed E-state index contributed by atoms with van der Waals surface area (Å²) in [6, 6.07) is 3.25. The summed E-state index contributed by atoms with van der Waals surface area (Å²) in [6.07, 6.45) is 3.31. The van der Waals surface area contributed by atoms with Gasteiger partial charge in [0.05, 0.1) is 16.2 Å². The van der Waals surface area contributed by atoms with Crippen LogP contribution in [0.15, 0.2) is 23.2 Å². The molecule has 0 aliphatic rings. The molecule has 0 aliphatic carbocycles. The second-order valence-corrected chi connectivity index (χ2v) is 3.95. The van der Waals surface area contributed by atoms with Crippen LogP contribution in [0.2, 0.25) is 0 Å². The average Bonchev–Trinajstić information content (AvgIpc) is 2.37. The van der Waals surface area contributed by atoms with Gasteiger partial charge in [0.1, 0.15) is 0 Å². The van der Waals surface area contributed by atoms with Crippen molar-refractivity contribution in [1.82, 2.24) is 5.32 Å². The molecule has 1 aromatic rings. The number of amidine groups is 1. The number of nitro benzene ring substituents is 1. The van der Waals surface area contributed by atoms with Crippen molar-refractivity contribution < 1.29 is 14.8 Å². The molecule has 2 N–H and O–H groups in total. The molecule has 0 atom stereocenters. The van der Waals surface area contributed by atoms with Crippen LogP contribution in [0.3, 0.4) is 0 Å². The van der Waals surface area contributed by atoms with Gasteiger partial charge in [0.25, 0.3) is 5.69 Å². The Bertz CT molecular complexity index is 561. The first kappa shape index (κ1) is 14.5. The molecule has 9 heteroatoms. The maximum Gasteiger partial charge on any atom is 0.336 e. The number of hydrogen-bond donors (Lipinski definition) is 2. The van der Waals surface area contributed by atoms with E-state index in [2.05, 4.69) is 10.3 Å². The maximum atomic E-state index is 10.9. The molecule has 0 spiro atoms. The average molecular weight is 280 g/mol. The third kappa shape index (κ3) is 3.97. The minimum atomic E-state index is -1.29. The number of nitro groups is 1. The van der Waals surface area contributed by atoms with Gasteiger partial charge in [0.15, 0.2) is 11.4 Å². The Morgan fingerprint density at radius 3 is 2.74 bits per heavy atom. The van der Waals surface area contributed by atoms with Crippen LogP contribution in [0.1, 0.15) is 10.4 Å². The second-order valence-electron chi connectivity index (χ2n) is 3.16. The first-order valence-electron chi connectivity index (χ1n) is 4.78. The molecule has 0 saturated carbocycles. The minimum absolute atomic E-state index is 0.0821. The molecule has 0 bridgehead atoms. The lowest BCUT2D eigenvalue weighted by Crippen LogP contribution is -2.12. The van der Waals surface area contributed by atoms with E-state index in [9.17, 15) is 14.9 Å². The van der Waals surface area contributed by atoms with Gasteiger partial charge in [-0.15, -0.1) is 0 Å². The highest BCUT2D eigenvalue weighted by molar-refractivity contribution is 8.13. The molecular weight excluding hydrogens is 272 g/mol. The molecule has 8 nitrogen and oxygen atoms in total. The van der Waals surface area contributed by atoms with Crippen LogP contribution in [-0.4, -0.2) is 27.4 Å². The Morgan fingerprint density at radius 2 is 2.26 bits per heavy atom. The SMILES string of the molecule is CSC(=Nc1cc(C(=O)O)cc([N+](=O)[O-])c1)NC#N. The molecule has 0 radical (unpaired) electrons. The number of thioether (sulfide) groups is 1. The Labute approximate surface area is 111 Å². The molecule has 1 aromatic carbocycles. The molecule has 0 fully saturated rings. The second kappa shape index (κ2) is 6.36. The Morgan fingerprint density at radius 1 is 1.58 bits per heavy atom. The number of nitrogens with one attached hydrogen (secondary N) is 1. The lowest BCUT2D eigenvalue weighted by atomic mass is 10.2. The van der Waals surface area contributed by atoms with Gasteiger partial charge in [0.2, 0.25) is 0 Å². The summed E-state index contributed by atoms with van der Waals surface area (Å²) >= 11 is 1.12. The van der Waals surface area contributed by atoms with Crippen molar-refractivity contribution >= 4 is 34.3 Å². The molecule has 0 amide bonds. The standard InChI is InChI=1S/C10H8N4O4S/c1-19-10(12-5-11)13-7-2-6(9(15)16)3-8(4-7)14(17)18/h2-4H,1H3,(H,12,13)(H,15,16). The van der Waals surface area contributed by atoms with Gasteiger partial charge >= 0.3 is 5.97 Å². The number of aromatic carboxylic acids is 1. The highest BCUT2D eigenvalue weighted by Gasteiger charge is 2.14. The number of hydrogen-bond acceptors (Lipinski definition) is 6. The van der Waals surface area contributed by atoms with Gasteiger partial charge < -0.3 is 5.11 Å². The van der Waals surface area contributed by atoms with Crippen molar-refractivity contribution in [1.29, 1.82) is 5.26 Å². The topological polar surface area (TPSA) is 129 Å². The van der Waals surface area contributed by atoms with Crippen molar-refractivity contribution in [2.24, 2.45) is 4.99 Å². The summed E-state index contributed by atoms with van der Waals surface area (Å²) in [5.41, 5.74) is -0.542. The molecule has 98 valence electrons. The monoisotopic (exact) mass is 280 g/mol. The lowest BCUT2D eigenvalue weighted by Gasteiger charge is -2.01. The van der Waals surface area contributed by atoms with Crippen LogP contribution in [-0.2, 0) is 0 Å². The lowest BCUT2D eigenvalue weighted by molar-refractivity contribution is -0.384. The first-order chi connectivity index (χ1) is 8.97. The zero-order valence-electron chi connectivity index (χ0n) is 9.65. The number of rotatable bonds is 3. The predicted molar refractivity (Wildman–Crippen MR) is 69.4 cm³/mol. The Balaban J connectivity index is 3.31. The van der Waals surface area contributed by atoms with Gasteiger partial charge in [-0.2, -0.15) is 5.26 Å². The number of carboxylic acid groups (broad SMARTS) is 1. The fraction of sp³-hybridized carbons (Fsp3) is 0.100. The number of carboxylic acids is 1. The molecule has 0 aromatic heterocycles. The van der Waals surface area contributed by atoms with Crippen molar-refractivity contribution in [2.45, 2.75) is 0 Å². The summed E-state index contributed by atoms with van der Waals surface area (Å²) in [4.78, 5) is 24.8. The highest BCUT2D eigenvalue weighted by atomic mass is 32.2. The van der Waals surface area contributed by atoms with Crippen LogP contribution in [0.5, 0.6) is 0 Å². The van der Waals surface area contributed by atoms with E-state index in [0.717, 1.165) is 23.9 Å². The van der Waals surface area contributed by atoms with E-state index in [1.54, 1.807) is 12.4 Å². The largest absolute Gasteiger partial charge is 0.478 e. The predicted octanol–water partition coefficient (Wildman–Crippen LogP) is 1.71. The molecule has 19 heavy (non-hydrogen) atoms. The molecule has 1 rings (SSSR count). The Kier molecular flexibility index (Phi) is 4.84. The maximum absolute atomic E-state index is 10.9. The quantitative estimate of drug-likeness (QED) is 0.215. The van der Waals surface area contributed by atoms with Gasteiger partial charge in [-0.05, 0) is 12.3 Å². The van der Waals surface area contributed by atoms with Crippen LogP contribution in [0, 0.1) is 21.6 Å². The smallest absolute Gasteiger partial charge is 0.336 e. The van der Waals surface area contributed by atoms with Crippen LogP contribution in [0.4, 0.5) is 11.4 Å². The summed E-state index contributed by atoms with van der Waals surface area (Å²) in [6.45, 7) is 0. The number of aliphatic imine (C=N–C) groups is 1. The van der Waals surface area contributed by atoms with Crippen LogP contribution < -0.4 is 5.32 Å². The molecule has 0 heterocycles. The zero-order valence-corrected chi connectivity index (χ0v) is 10.5. The summed E-state index contributed by atoms with van der Waals surface area (Å²) in [5.74, 6) is -1.29. The number of non-ortho nitro benzene ring substituents is 1. The highest BCUT2D eigenvalue weighted by Crippen LogP contribution is 2.24. The van der Waals surface area contributed by atoms with E-state index < -0.39 is 10.9 Å². The summed E-state index contributed by atoms with van der Waals surface area (Å²) < 4.78 is 0. The van der Waals surface area contributed by atoms with Gasteiger partial charge in [0, 0.05) is 12.1 Å². The van der Waals surface area contributed by atoms with E-state index in [1.807, 2.05) is 0 Å². The molecule has 0 aliphatic heterocycles. The number of nitriles is 1. The van der Waals surface area contributed by atoms with Crippen molar-refractivity contribution in [2.75, 3.05) is 6.26 Å². The summed E-state index contributed by atoms with van der Waals surface area (Å²) in [5, 5.41) is 30.5. The van der Waals surface area contributed by atoms with E-state index in [0.29, 0.717) is 0 Å². The fourth-order valence-electron chi connectivity index (χ4n) is 1.18. The normalized spacial score (nSPS) is 10.6. The first-order valence-corrected chi connectivity index (χ1v) is 6.01. The van der Waals surface area contributed by atoms with E-state index in [-0.39, 0.29) is 22.1 Å². The minimum Gasteiger partial charge on any atom is -0.478 e. The van der Waals surface area contributed by atoms with Crippen LogP contribution in [0.25, 0.3) is 0 Å². The van der Waals surface area contributed by atoms with Gasteiger partial charge in [-0.1, -0.05) is 11.8 Å².